The van der Waals surface area contributed by atoms with E-state index in [0.717, 1.165) is 0 Å². The summed E-state index contributed by atoms with van der Waals surface area (Å²) >= 11 is 0. The van der Waals surface area contributed by atoms with Crippen LogP contribution in [0.25, 0.3) is 0 Å². The molecule has 14 heavy (non-hydrogen) atoms. The number of carbonyl (C=O) groups is 3. The summed E-state index contributed by atoms with van der Waals surface area (Å²) in [4.78, 5) is 29.1. The fraction of sp³-hybridized carbons (Fsp3) is 0.571. The van der Waals surface area contributed by atoms with Gasteiger partial charge in [0.25, 0.3) is 0 Å². The van der Waals surface area contributed by atoms with Gasteiger partial charge in [-0.05, 0) is 6.92 Å². The molecule has 0 spiro atoms. The van der Waals surface area contributed by atoms with Gasteiger partial charge in [0.2, 0.25) is 0 Å². The number of aliphatic hydroxyl groups excluding tert-OH is 1. The number of rotatable bonds is 3. The van der Waals surface area contributed by atoms with Crippen LogP contribution in [0.4, 0.5) is 0 Å². The van der Waals surface area contributed by atoms with Gasteiger partial charge in [-0.15, -0.1) is 0 Å². The van der Waals surface area contributed by atoms with Crippen molar-refractivity contribution in [2.45, 2.75) is 20.0 Å². The lowest BCUT2D eigenvalue weighted by molar-refractivity contribution is -0.161. The summed E-state index contributed by atoms with van der Waals surface area (Å²) in [6.07, 6.45) is -1.04. The van der Waals surface area contributed by atoms with Gasteiger partial charge in [-0.2, -0.15) is 0 Å². The molecule has 1 atom stereocenters. The van der Waals surface area contributed by atoms with E-state index in [2.05, 4.69) is 4.74 Å². The van der Waals surface area contributed by atoms with E-state index in [0.29, 0.717) is 0 Å². The second kappa shape index (κ2) is 7.99. The lowest BCUT2D eigenvalue weighted by Gasteiger charge is -2.04. The summed E-state index contributed by atoms with van der Waals surface area (Å²) in [6.45, 7) is 1.68. The molecule has 0 aromatic carbocycles. The average molecular weight is 208 g/mol. The maximum Gasteiger partial charge on any atom is 0.344 e. The van der Waals surface area contributed by atoms with Crippen LogP contribution in [0, 0.1) is 0 Å². The quantitative estimate of drug-likeness (QED) is 0.513. The molecule has 0 aliphatic rings. The fourth-order valence-corrected chi connectivity index (χ4v) is 0.299. The van der Waals surface area contributed by atoms with E-state index in [4.69, 9.17) is 20.1 Å². The Morgan fingerprint density at radius 1 is 1.29 bits per heavy atom. The lowest BCUT2D eigenvalue weighted by atomic mass is 10.4. The van der Waals surface area contributed by atoms with Crippen molar-refractivity contribution < 1.29 is 34.4 Å². The number of aliphatic hydroxyl groups is 1. The Hall–Kier alpha value is -1.63. The molecule has 0 rings (SSSR count). The third-order valence-corrected chi connectivity index (χ3v) is 0.826. The minimum Gasteiger partial charge on any atom is -0.480 e. The fourth-order valence-electron chi connectivity index (χ4n) is 0.299. The maximum absolute atomic E-state index is 10.1. The molecule has 82 valence electrons. The lowest BCUT2D eigenvalue weighted by Crippen LogP contribution is -2.21. The monoisotopic (exact) mass is 208 g/mol. The Bertz CT molecular complexity index is 210. The number of hydrogen-bond acceptors (Lipinski definition) is 5. The van der Waals surface area contributed by atoms with E-state index in [1.54, 1.807) is 0 Å². The van der Waals surface area contributed by atoms with Crippen molar-refractivity contribution in [3.63, 3.8) is 0 Å². The average Bonchev–Trinajstić information content (AvgIpc) is 2.04. The first-order valence-electron chi connectivity index (χ1n) is 3.54. The molecule has 0 aromatic rings. The van der Waals surface area contributed by atoms with Gasteiger partial charge in [-0.25, -0.2) is 9.59 Å². The largest absolute Gasteiger partial charge is 0.480 e. The molecule has 0 aliphatic carbocycles. The highest BCUT2D eigenvalue weighted by Gasteiger charge is 2.12. The highest BCUT2D eigenvalue weighted by Crippen LogP contribution is 1.89. The highest BCUT2D eigenvalue weighted by atomic mass is 16.6. The summed E-state index contributed by atoms with van der Waals surface area (Å²) < 4.78 is 4.27. The van der Waals surface area contributed by atoms with Crippen molar-refractivity contribution in [3.8, 4) is 0 Å². The van der Waals surface area contributed by atoms with Crippen molar-refractivity contribution in [2.24, 2.45) is 0 Å². The SMILES string of the molecule is CC(=O)OC(C)C(=O)O.O=C(O)CO. The molecule has 7 heteroatoms. The second-order valence-corrected chi connectivity index (χ2v) is 2.14. The summed E-state index contributed by atoms with van der Waals surface area (Å²) in [5.74, 6) is -2.90. The Morgan fingerprint density at radius 2 is 1.64 bits per heavy atom. The molecule has 0 bridgehead atoms. The summed E-state index contributed by atoms with van der Waals surface area (Å²) in [7, 11) is 0. The van der Waals surface area contributed by atoms with Gasteiger partial charge in [0.05, 0.1) is 0 Å². The van der Waals surface area contributed by atoms with Crippen LogP contribution in [0.15, 0.2) is 0 Å². The van der Waals surface area contributed by atoms with Crippen LogP contribution in [0.2, 0.25) is 0 Å². The van der Waals surface area contributed by atoms with Gasteiger partial charge >= 0.3 is 17.9 Å². The molecule has 1 unspecified atom stereocenters. The van der Waals surface area contributed by atoms with E-state index in [1.165, 1.54) is 13.8 Å². The van der Waals surface area contributed by atoms with Gasteiger partial charge in [-0.1, -0.05) is 0 Å². The molecule has 0 amide bonds. The van der Waals surface area contributed by atoms with Gasteiger partial charge in [0.1, 0.15) is 6.61 Å². The van der Waals surface area contributed by atoms with Crippen molar-refractivity contribution in [1.82, 2.24) is 0 Å². The molecule has 0 fully saturated rings. The van der Waals surface area contributed by atoms with Gasteiger partial charge in [-0.3, -0.25) is 4.79 Å². The first kappa shape index (κ1) is 14.9. The van der Waals surface area contributed by atoms with Crippen LogP contribution in [0.1, 0.15) is 13.8 Å². The number of esters is 1. The normalized spacial score (nSPS) is 10.5. The number of hydrogen-bond donors (Lipinski definition) is 3. The Kier molecular flexibility index (Phi) is 8.49. The molecule has 3 N–H and O–H groups in total. The minimum absolute atomic E-state index is 0.579. The van der Waals surface area contributed by atoms with Crippen molar-refractivity contribution in [3.05, 3.63) is 0 Å². The third kappa shape index (κ3) is 13.0. The van der Waals surface area contributed by atoms with Crippen LogP contribution < -0.4 is 0 Å². The summed E-state index contributed by atoms with van der Waals surface area (Å²) in [5.41, 5.74) is 0. The molecule has 0 saturated heterocycles. The molecule has 0 aliphatic heterocycles. The first-order chi connectivity index (χ1) is 6.31. The van der Waals surface area contributed by atoms with Crippen LogP contribution in [-0.2, 0) is 19.1 Å². The number of aliphatic carboxylic acids is 2. The number of carboxylic acid groups (broad SMARTS) is 2. The molecule has 0 saturated carbocycles. The van der Waals surface area contributed by atoms with Crippen LogP contribution >= 0.6 is 0 Å². The zero-order chi connectivity index (χ0) is 11.7. The van der Waals surface area contributed by atoms with Crippen LogP contribution in [0.5, 0.6) is 0 Å². The molecule has 0 radical (unpaired) electrons. The standard InChI is InChI=1S/C5H8O4.C2H4O3/c1-3(5(7)8)9-4(2)6;3-1-2(4)5/h3H,1-2H3,(H,7,8);3H,1H2,(H,4,5). The zero-order valence-electron chi connectivity index (χ0n) is 7.76. The van der Waals surface area contributed by atoms with E-state index >= 15 is 0 Å². The van der Waals surface area contributed by atoms with Gasteiger partial charge in [0.15, 0.2) is 6.10 Å². The summed E-state index contributed by atoms with van der Waals surface area (Å²) in [6, 6.07) is 0. The van der Waals surface area contributed by atoms with E-state index in [9.17, 15) is 9.59 Å². The minimum atomic E-state index is -1.19. The second-order valence-electron chi connectivity index (χ2n) is 2.14. The van der Waals surface area contributed by atoms with Crippen molar-refractivity contribution in [1.29, 1.82) is 0 Å². The predicted octanol–water partition coefficient (Wildman–Crippen LogP) is -0.914. The third-order valence-electron chi connectivity index (χ3n) is 0.826. The number of carboxylic acids is 2. The maximum atomic E-state index is 10.1. The first-order valence-corrected chi connectivity index (χ1v) is 3.54. The van der Waals surface area contributed by atoms with Gasteiger partial charge in [0, 0.05) is 6.92 Å². The van der Waals surface area contributed by atoms with Crippen molar-refractivity contribution >= 4 is 17.9 Å². The molecular weight excluding hydrogens is 196 g/mol. The smallest absolute Gasteiger partial charge is 0.344 e. The Labute approximate surface area is 79.9 Å². The van der Waals surface area contributed by atoms with Crippen LogP contribution in [0.3, 0.4) is 0 Å². The van der Waals surface area contributed by atoms with E-state index in [1.807, 2.05) is 0 Å². The molecule has 0 aromatic heterocycles. The van der Waals surface area contributed by atoms with Crippen LogP contribution in [-0.4, -0.2) is 45.9 Å². The van der Waals surface area contributed by atoms with Crippen molar-refractivity contribution in [2.75, 3.05) is 6.61 Å². The summed E-state index contributed by atoms with van der Waals surface area (Å²) in [5, 5.41) is 23.2. The Morgan fingerprint density at radius 3 is 1.71 bits per heavy atom. The molecular formula is C7H12O7. The number of carbonyl (C=O) groups excluding carboxylic acids is 1. The predicted molar refractivity (Wildman–Crippen MR) is 43.6 cm³/mol. The Balaban J connectivity index is 0. The molecule has 7 nitrogen and oxygen atoms in total. The number of ether oxygens (including phenoxy) is 1. The zero-order valence-corrected chi connectivity index (χ0v) is 7.76. The highest BCUT2D eigenvalue weighted by molar-refractivity contribution is 5.76. The van der Waals surface area contributed by atoms with E-state index in [-0.39, 0.29) is 0 Å². The van der Waals surface area contributed by atoms with E-state index < -0.39 is 30.6 Å². The topological polar surface area (TPSA) is 121 Å². The molecule has 0 heterocycles. The van der Waals surface area contributed by atoms with Gasteiger partial charge < -0.3 is 20.1 Å².